The fourth-order valence-corrected chi connectivity index (χ4v) is 6.09. The van der Waals surface area contributed by atoms with Crippen LogP contribution in [0.5, 0.6) is 0 Å². The Morgan fingerprint density at radius 1 is 0.791 bits per heavy atom. The van der Waals surface area contributed by atoms with Crippen LogP contribution in [0.25, 0.3) is 0 Å². The third kappa shape index (κ3) is 8.29. The van der Waals surface area contributed by atoms with E-state index in [0.29, 0.717) is 0 Å². The SMILES string of the molecule is CC(C)(C)NC(=O)[C@@H](Cc1ccccc1)N(Cc1ccccc1F)C(=O)CN(c1ccccc1)S(=O)(=O)c1ccccc1. The zero-order valence-electron chi connectivity index (χ0n) is 24.5. The van der Waals surface area contributed by atoms with E-state index in [1.165, 1.54) is 23.1 Å². The Hall–Kier alpha value is -4.50. The quantitative estimate of drug-likeness (QED) is 0.243. The van der Waals surface area contributed by atoms with E-state index >= 15 is 0 Å². The lowest BCUT2D eigenvalue weighted by Gasteiger charge is -2.35. The lowest BCUT2D eigenvalue weighted by atomic mass is 10.0. The van der Waals surface area contributed by atoms with Gasteiger partial charge in [0, 0.05) is 24.1 Å². The summed E-state index contributed by atoms with van der Waals surface area (Å²) in [5.41, 5.74) is 0.657. The van der Waals surface area contributed by atoms with Gasteiger partial charge in [-0.2, -0.15) is 0 Å². The van der Waals surface area contributed by atoms with Gasteiger partial charge >= 0.3 is 0 Å². The molecule has 0 radical (unpaired) electrons. The number of benzene rings is 4. The standard InChI is InChI=1S/C34H36FN3O4S/c1-34(2,3)36-33(40)31(23-26-15-7-4-8-16-26)37(24-27-17-13-14-22-30(27)35)32(39)25-38(28-18-9-5-10-19-28)43(41,42)29-20-11-6-12-21-29/h4-22,31H,23-25H2,1-3H3,(H,36,40)/t31-/m1/s1. The molecule has 0 saturated heterocycles. The second-order valence-corrected chi connectivity index (χ2v) is 13.1. The molecule has 4 aromatic rings. The molecule has 0 spiro atoms. The Labute approximate surface area is 253 Å². The van der Waals surface area contributed by atoms with Crippen LogP contribution in [0.15, 0.2) is 120 Å². The van der Waals surface area contributed by atoms with Crippen LogP contribution in [0.4, 0.5) is 10.1 Å². The zero-order valence-corrected chi connectivity index (χ0v) is 25.3. The van der Waals surface area contributed by atoms with Crippen molar-refractivity contribution in [3.8, 4) is 0 Å². The highest BCUT2D eigenvalue weighted by Gasteiger charge is 2.35. The van der Waals surface area contributed by atoms with Crippen LogP contribution >= 0.6 is 0 Å². The largest absolute Gasteiger partial charge is 0.350 e. The molecule has 0 saturated carbocycles. The van der Waals surface area contributed by atoms with Crippen LogP contribution in [-0.2, 0) is 32.6 Å². The molecule has 9 heteroatoms. The molecule has 1 atom stereocenters. The first-order chi connectivity index (χ1) is 20.5. The van der Waals surface area contributed by atoms with Gasteiger partial charge < -0.3 is 10.2 Å². The van der Waals surface area contributed by atoms with Crippen LogP contribution in [0.1, 0.15) is 31.9 Å². The third-order valence-electron chi connectivity index (χ3n) is 6.72. The second-order valence-electron chi connectivity index (χ2n) is 11.2. The average Bonchev–Trinajstić information content (AvgIpc) is 2.99. The summed E-state index contributed by atoms with van der Waals surface area (Å²) < 4.78 is 43.8. The molecule has 0 aliphatic rings. The maximum absolute atomic E-state index is 15.0. The number of carbonyl (C=O) groups excluding carboxylic acids is 2. The highest BCUT2D eigenvalue weighted by Crippen LogP contribution is 2.25. The molecule has 43 heavy (non-hydrogen) atoms. The van der Waals surface area contributed by atoms with Crippen molar-refractivity contribution < 1.29 is 22.4 Å². The van der Waals surface area contributed by atoms with Crippen molar-refractivity contribution in [2.24, 2.45) is 0 Å². The van der Waals surface area contributed by atoms with E-state index in [2.05, 4.69) is 5.32 Å². The number of para-hydroxylation sites is 1. The number of anilines is 1. The molecule has 4 aromatic carbocycles. The van der Waals surface area contributed by atoms with Gasteiger partial charge in [0.25, 0.3) is 10.0 Å². The molecule has 224 valence electrons. The van der Waals surface area contributed by atoms with Gasteiger partial charge in [-0.3, -0.25) is 13.9 Å². The predicted octanol–water partition coefficient (Wildman–Crippen LogP) is 5.58. The van der Waals surface area contributed by atoms with Gasteiger partial charge in [0.15, 0.2) is 0 Å². The molecule has 4 rings (SSSR count). The lowest BCUT2D eigenvalue weighted by molar-refractivity contribution is -0.140. The molecule has 0 aromatic heterocycles. The Bertz CT molecular complexity index is 1630. The summed E-state index contributed by atoms with van der Waals surface area (Å²) in [6.45, 7) is 4.64. The van der Waals surface area contributed by atoms with Gasteiger partial charge in [0.1, 0.15) is 18.4 Å². The van der Waals surface area contributed by atoms with Gasteiger partial charge in [0.05, 0.1) is 10.6 Å². The summed E-state index contributed by atoms with van der Waals surface area (Å²) in [5.74, 6) is -1.62. The van der Waals surface area contributed by atoms with Crippen molar-refractivity contribution in [1.82, 2.24) is 10.2 Å². The normalized spacial score (nSPS) is 12.3. The fourth-order valence-electron chi connectivity index (χ4n) is 4.66. The molecule has 1 N–H and O–H groups in total. The second kappa shape index (κ2) is 13.6. The molecule has 0 bridgehead atoms. The first-order valence-electron chi connectivity index (χ1n) is 14.0. The van der Waals surface area contributed by atoms with Crippen LogP contribution < -0.4 is 9.62 Å². The molecule has 0 aliphatic carbocycles. The van der Waals surface area contributed by atoms with Crippen molar-refractivity contribution >= 4 is 27.5 Å². The zero-order chi connectivity index (χ0) is 31.0. The summed E-state index contributed by atoms with van der Waals surface area (Å²) in [7, 11) is -4.19. The van der Waals surface area contributed by atoms with E-state index < -0.39 is 45.8 Å². The van der Waals surface area contributed by atoms with Crippen LogP contribution in [0, 0.1) is 5.82 Å². The van der Waals surface area contributed by atoms with E-state index in [1.807, 2.05) is 51.1 Å². The Balaban J connectivity index is 1.80. The summed E-state index contributed by atoms with van der Waals surface area (Å²) >= 11 is 0. The van der Waals surface area contributed by atoms with Gasteiger partial charge in [-0.25, -0.2) is 12.8 Å². The van der Waals surface area contributed by atoms with Crippen molar-refractivity contribution in [2.45, 2.75) is 50.2 Å². The lowest BCUT2D eigenvalue weighted by Crippen LogP contribution is -2.56. The summed E-state index contributed by atoms with van der Waals surface area (Å²) in [6.07, 6.45) is 0.139. The van der Waals surface area contributed by atoms with E-state index in [1.54, 1.807) is 66.7 Å². The summed E-state index contributed by atoms with van der Waals surface area (Å²) in [5, 5.41) is 2.96. The van der Waals surface area contributed by atoms with Crippen molar-refractivity contribution in [2.75, 3.05) is 10.8 Å². The predicted molar refractivity (Wildman–Crippen MR) is 166 cm³/mol. The van der Waals surface area contributed by atoms with E-state index in [9.17, 15) is 22.4 Å². The molecular weight excluding hydrogens is 565 g/mol. The first-order valence-corrected chi connectivity index (χ1v) is 15.4. The maximum atomic E-state index is 15.0. The monoisotopic (exact) mass is 601 g/mol. The van der Waals surface area contributed by atoms with Gasteiger partial charge in [0.2, 0.25) is 11.8 Å². The van der Waals surface area contributed by atoms with Crippen molar-refractivity contribution in [3.05, 3.63) is 132 Å². The smallest absolute Gasteiger partial charge is 0.264 e. The minimum absolute atomic E-state index is 0.0126. The highest BCUT2D eigenvalue weighted by molar-refractivity contribution is 7.92. The molecule has 0 fully saturated rings. The average molecular weight is 602 g/mol. The van der Waals surface area contributed by atoms with Gasteiger partial charge in [-0.1, -0.05) is 84.9 Å². The number of nitrogens with zero attached hydrogens (tertiary/aromatic N) is 2. The minimum atomic E-state index is -4.19. The Morgan fingerprint density at radius 2 is 1.33 bits per heavy atom. The van der Waals surface area contributed by atoms with Crippen molar-refractivity contribution in [1.29, 1.82) is 0 Å². The molecule has 7 nitrogen and oxygen atoms in total. The minimum Gasteiger partial charge on any atom is -0.350 e. The highest BCUT2D eigenvalue weighted by atomic mass is 32.2. The number of nitrogens with one attached hydrogen (secondary N) is 1. The number of hydrogen-bond acceptors (Lipinski definition) is 4. The third-order valence-corrected chi connectivity index (χ3v) is 8.51. The van der Waals surface area contributed by atoms with E-state index in [4.69, 9.17) is 0 Å². The van der Waals surface area contributed by atoms with Gasteiger partial charge in [-0.05, 0) is 56.7 Å². The summed E-state index contributed by atoms with van der Waals surface area (Å²) in [6, 6.07) is 30.3. The van der Waals surface area contributed by atoms with E-state index in [-0.39, 0.29) is 29.1 Å². The Kier molecular flexibility index (Phi) is 9.98. The number of hydrogen-bond donors (Lipinski definition) is 1. The molecule has 2 amide bonds. The molecule has 0 aliphatic heterocycles. The number of rotatable bonds is 11. The van der Waals surface area contributed by atoms with Crippen LogP contribution in [-0.4, -0.2) is 43.3 Å². The topological polar surface area (TPSA) is 86.8 Å². The van der Waals surface area contributed by atoms with Crippen LogP contribution in [0.3, 0.4) is 0 Å². The number of halogens is 1. The number of amides is 2. The van der Waals surface area contributed by atoms with E-state index in [0.717, 1.165) is 9.87 Å². The van der Waals surface area contributed by atoms with Gasteiger partial charge in [-0.15, -0.1) is 0 Å². The first kappa shape index (κ1) is 31.4. The van der Waals surface area contributed by atoms with Crippen LogP contribution in [0.2, 0.25) is 0 Å². The summed E-state index contributed by atoms with van der Waals surface area (Å²) in [4.78, 5) is 29.5. The number of sulfonamides is 1. The molecule has 0 heterocycles. The molecular formula is C34H36FN3O4S. The van der Waals surface area contributed by atoms with Crippen molar-refractivity contribution in [3.63, 3.8) is 0 Å². The maximum Gasteiger partial charge on any atom is 0.264 e. The number of carbonyl (C=O) groups is 2. The Morgan fingerprint density at radius 3 is 1.91 bits per heavy atom. The fraction of sp³-hybridized carbons (Fsp3) is 0.235. The molecule has 0 unspecified atom stereocenters.